The molecule has 0 unspecified atom stereocenters. The van der Waals surface area contributed by atoms with Crippen LogP contribution in [0.5, 0.6) is 5.88 Å². The van der Waals surface area contributed by atoms with Crippen LogP contribution in [0.2, 0.25) is 5.02 Å². The van der Waals surface area contributed by atoms with Crippen molar-refractivity contribution in [2.45, 2.75) is 13.8 Å². The molecule has 1 N–H and O–H groups in total. The zero-order valence-electron chi connectivity index (χ0n) is 20.8. The van der Waals surface area contributed by atoms with E-state index < -0.39 is 5.97 Å². The molecular weight excluding hydrogens is 498 g/mol. The third-order valence-corrected chi connectivity index (χ3v) is 6.16. The number of carbonyl (C=O) groups excluding carboxylic acids is 2. The Morgan fingerprint density at radius 3 is 2.21 bits per heavy atom. The van der Waals surface area contributed by atoms with Crippen molar-refractivity contribution >= 4 is 29.2 Å². The smallest absolute Gasteiger partial charge is 0.309 e. The maximum Gasteiger partial charge on any atom is 0.309 e. The second-order valence-corrected chi connectivity index (χ2v) is 9.21. The van der Waals surface area contributed by atoms with E-state index in [0.29, 0.717) is 33.4 Å². The third-order valence-electron chi connectivity index (χ3n) is 5.93. The van der Waals surface area contributed by atoms with E-state index in [1.165, 1.54) is 6.92 Å². The quantitative estimate of drug-likeness (QED) is 0.237. The van der Waals surface area contributed by atoms with Gasteiger partial charge in [0.15, 0.2) is 0 Å². The maximum atomic E-state index is 12.7. The number of hydrogen-bond acceptors (Lipinski definition) is 4. The van der Waals surface area contributed by atoms with Gasteiger partial charge >= 0.3 is 5.97 Å². The van der Waals surface area contributed by atoms with Crippen molar-refractivity contribution in [1.82, 2.24) is 9.78 Å². The molecule has 0 bridgehead atoms. The number of esters is 1. The first kappa shape index (κ1) is 25.0. The van der Waals surface area contributed by atoms with Crippen LogP contribution in [0.15, 0.2) is 103 Å². The standard InChI is InChI=1S/C31H24ClN3O3/c1-20-11-17-27(18-12-20)35-31(38-21(2)36)28(29(34-35)23-7-4-3-5-8-23)22-13-15-26(16-14-22)33-30(37)24-9-6-10-25(32)19-24/h3-19H,1-2H3,(H,33,37). The average Bonchev–Trinajstić information content (AvgIpc) is 3.28. The third kappa shape index (κ3) is 5.36. The Kier molecular flexibility index (Phi) is 7.07. The first-order chi connectivity index (χ1) is 18.4. The number of rotatable bonds is 6. The van der Waals surface area contributed by atoms with Crippen molar-refractivity contribution in [3.8, 4) is 34.0 Å². The molecule has 0 atom stereocenters. The van der Waals surface area contributed by atoms with E-state index in [1.54, 1.807) is 41.1 Å². The molecule has 4 aromatic carbocycles. The van der Waals surface area contributed by atoms with Crippen LogP contribution in [0.3, 0.4) is 0 Å². The van der Waals surface area contributed by atoms with Gasteiger partial charge in [-0.25, -0.2) is 0 Å². The topological polar surface area (TPSA) is 73.2 Å². The van der Waals surface area contributed by atoms with Gasteiger partial charge in [0.25, 0.3) is 5.91 Å². The van der Waals surface area contributed by atoms with Gasteiger partial charge in [-0.2, -0.15) is 9.78 Å². The molecule has 5 rings (SSSR count). The van der Waals surface area contributed by atoms with Crippen molar-refractivity contribution in [1.29, 1.82) is 0 Å². The van der Waals surface area contributed by atoms with Gasteiger partial charge in [-0.15, -0.1) is 0 Å². The summed E-state index contributed by atoms with van der Waals surface area (Å²) in [5.74, 6) is -0.404. The normalized spacial score (nSPS) is 10.7. The summed E-state index contributed by atoms with van der Waals surface area (Å²) in [6.45, 7) is 3.38. The van der Waals surface area contributed by atoms with Crippen LogP contribution in [0.4, 0.5) is 5.69 Å². The molecule has 0 aliphatic rings. The maximum absolute atomic E-state index is 12.7. The van der Waals surface area contributed by atoms with Gasteiger partial charge in [0.1, 0.15) is 5.69 Å². The Labute approximate surface area is 225 Å². The lowest BCUT2D eigenvalue weighted by atomic mass is 10.0. The minimum absolute atomic E-state index is 0.266. The molecule has 0 aliphatic heterocycles. The molecule has 0 saturated heterocycles. The Bertz CT molecular complexity index is 1610. The fraction of sp³-hybridized carbons (Fsp3) is 0.0645. The number of halogens is 1. The molecule has 0 radical (unpaired) electrons. The lowest BCUT2D eigenvalue weighted by molar-refractivity contribution is -0.132. The zero-order chi connectivity index (χ0) is 26.6. The van der Waals surface area contributed by atoms with Gasteiger partial charge in [-0.3, -0.25) is 9.59 Å². The van der Waals surface area contributed by atoms with E-state index in [9.17, 15) is 9.59 Å². The molecule has 0 aliphatic carbocycles. The molecule has 0 saturated carbocycles. The fourth-order valence-electron chi connectivity index (χ4n) is 4.11. The van der Waals surface area contributed by atoms with Crippen LogP contribution in [-0.2, 0) is 4.79 Å². The second kappa shape index (κ2) is 10.7. The Morgan fingerprint density at radius 2 is 1.55 bits per heavy atom. The second-order valence-electron chi connectivity index (χ2n) is 8.78. The number of hydrogen-bond donors (Lipinski definition) is 1. The summed E-state index contributed by atoms with van der Waals surface area (Å²) >= 11 is 6.03. The molecule has 1 heterocycles. The number of aryl methyl sites for hydroxylation is 1. The van der Waals surface area contributed by atoms with Gasteiger partial charge in [0.2, 0.25) is 5.88 Å². The van der Waals surface area contributed by atoms with Crippen LogP contribution >= 0.6 is 11.6 Å². The summed E-state index contributed by atoms with van der Waals surface area (Å²) in [4.78, 5) is 24.9. The number of amides is 1. The van der Waals surface area contributed by atoms with Gasteiger partial charge < -0.3 is 10.1 Å². The Morgan fingerprint density at radius 1 is 0.842 bits per heavy atom. The van der Waals surface area contributed by atoms with Gasteiger partial charge in [-0.1, -0.05) is 77.8 Å². The fourth-order valence-corrected chi connectivity index (χ4v) is 4.30. The predicted octanol–water partition coefficient (Wildman–Crippen LogP) is 7.35. The summed E-state index contributed by atoms with van der Waals surface area (Å²) in [6, 6.07) is 31.6. The number of carbonyl (C=O) groups is 2. The molecule has 188 valence electrons. The van der Waals surface area contributed by atoms with E-state index in [4.69, 9.17) is 21.4 Å². The first-order valence-corrected chi connectivity index (χ1v) is 12.4. The number of aromatic nitrogens is 2. The SMILES string of the molecule is CC(=O)Oc1c(-c2ccc(NC(=O)c3cccc(Cl)c3)cc2)c(-c2ccccc2)nn1-c1ccc(C)cc1. The summed E-state index contributed by atoms with van der Waals surface area (Å²) in [5, 5.41) is 8.27. The van der Waals surface area contributed by atoms with E-state index in [0.717, 1.165) is 22.4 Å². The highest BCUT2D eigenvalue weighted by molar-refractivity contribution is 6.31. The molecular formula is C31H24ClN3O3. The molecule has 6 nitrogen and oxygen atoms in total. The summed E-state index contributed by atoms with van der Waals surface area (Å²) in [5.41, 5.74) is 5.93. The Balaban J connectivity index is 1.59. The molecule has 1 amide bonds. The highest BCUT2D eigenvalue weighted by atomic mass is 35.5. The lowest BCUT2D eigenvalue weighted by Crippen LogP contribution is -2.11. The largest absolute Gasteiger partial charge is 0.407 e. The van der Waals surface area contributed by atoms with E-state index in [-0.39, 0.29) is 5.91 Å². The highest BCUT2D eigenvalue weighted by Gasteiger charge is 2.24. The number of ether oxygens (including phenoxy) is 1. The summed E-state index contributed by atoms with van der Waals surface area (Å²) in [6.07, 6.45) is 0. The first-order valence-electron chi connectivity index (χ1n) is 12.0. The van der Waals surface area contributed by atoms with Crippen LogP contribution in [0.1, 0.15) is 22.8 Å². The monoisotopic (exact) mass is 521 g/mol. The van der Waals surface area contributed by atoms with Crippen LogP contribution in [0.25, 0.3) is 28.1 Å². The van der Waals surface area contributed by atoms with Crippen molar-refractivity contribution in [2.24, 2.45) is 0 Å². The highest BCUT2D eigenvalue weighted by Crippen LogP contribution is 2.41. The summed E-state index contributed by atoms with van der Waals surface area (Å²) < 4.78 is 7.41. The molecule has 0 spiro atoms. The number of nitrogens with zero attached hydrogens (tertiary/aromatic N) is 2. The van der Waals surface area contributed by atoms with E-state index in [2.05, 4.69) is 5.32 Å². The van der Waals surface area contributed by atoms with Gasteiger partial charge in [-0.05, 0) is 55.0 Å². The number of benzene rings is 4. The van der Waals surface area contributed by atoms with Crippen LogP contribution < -0.4 is 10.1 Å². The van der Waals surface area contributed by atoms with E-state index in [1.807, 2.05) is 73.7 Å². The van der Waals surface area contributed by atoms with Crippen molar-refractivity contribution in [3.05, 3.63) is 119 Å². The van der Waals surface area contributed by atoms with Gasteiger partial charge in [0.05, 0.1) is 11.3 Å². The van der Waals surface area contributed by atoms with Gasteiger partial charge in [0, 0.05) is 28.8 Å². The molecule has 7 heteroatoms. The van der Waals surface area contributed by atoms with Crippen molar-refractivity contribution < 1.29 is 14.3 Å². The zero-order valence-corrected chi connectivity index (χ0v) is 21.6. The van der Waals surface area contributed by atoms with E-state index >= 15 is 0 Å². The summed E-state index contributed by atoms with van der Waals surface area (Å²) in [7, 11) is 0. The van der Waals surface area contributed by atoms with Crippen molar-refractivity contribution in [3.63, 3.8) is 0 Å². The Hall–Kier alpha value is -4.68. The van der Waals surface area contributed by atoms with Crippen molar-refractivity contribution in [2.75, 3.05) is 5.32 Å². The molecule has 0 fully saturated rings. The molecule has 38 heavy (non-hydrogen) atoms. The lowest BCUT2D eigenvalue weighted by Gasteiger charge is -2.11. The minimum atomic E-state index is -0.454. The minimum Gasteiger partial charge on any atom is -0.407 e. The molecule has 5 aromatic rings. The number of nitrogens with one attached hydrogen (secondary N) is 1. The van der Waals surface area contributed by atoms with Crippen LogP contribution in [0, 0.1) is 6.92 Å². The van der Waals surface area contributed by atoms with Crippen LogP contribution in [-0.4, -0.2) is 21.7 Å². The number of anilines is 1. The average molecular weight is 522 g/mol. The molecule has 1 aromatic heterocycles. The predicted molar refractivity (Wildman–Crippen MR) is 150 cm³/mol.